The molecule has 0 amide bonds. The molecule has 0 radical (unpaired) electrons. The highest BCUT2D eigenvalue weighted by Gasteiger charge is 2.21. The first-order valence-corrected chi connectivity index (χ1v) is 8.84. The number of nitrogens with zero attached hydrogens (tertiary/aromatic N) is 5. The fraction of sp³-hybridized carbons (Fsp3) is 0.133. The van der Waals surface area contributed by atoms with Gasteiger partial charge in [0.1, 0.15) is 28.6 Å². The smallest absolute Gasteiger partial charge is 0.182 e. The normalized spacial score (nSPS) is 12.2. The predicted octanol–water partition coefficient (Wildman–Crippen LogP) is 1.53. The molecule has 116 valence electrons. The van der Waals surface area contributed by atoms with Crippen molar-refractivity contribution in [3.8, 4) is 0 Å². The van der Waals surface area contributed by atoms with E-state index in [1.54, 1.807) is 6.20 Å². The van der Waals surface area contributed by atoms with Crippen LogP contribution in [-0.4, -0.2) is 38.8 Å². The summed E-state index contributed by atoms with van der Waals surface area (Å²) < 4.78 is 27.6. The van der Waals surface area contributed by atoms with Gasteiger partial charge in [0.2, 0.25) is 0 Å². The first-order valence-electron chi connectivity index (χ1n) is 6.95. The Labute approximate surface area is 132 Å². The Kier molecular flexibility index (Phi) is 2.95. The molecule has 7 nitrogen and oxygen atoms in total. The maximum Gasteiger partial charge on any atom is 0.182 e. The first-order chi connectivity index (χ1) is 11.0. The molecule has 3 heterocycles. The van der Waals surface area contributed by atoms with Crippen LogP contribution in [0.1, 0.15) is 5.56 Å². The van der Waals surface area contributed by atoms with Gasteiger partial charge in [0.15, 0.2) is 15.5 Å². The molecule has 0 N–H and O–H groups in total. The van der Waals surface area contributed by atoms with Gasteiger partial charge in [-0.2, -0.15) is 5.10 Å². The molecule has 0 atom stereocenters. The van der Waals surface area contributed by atoms with Crippen molar-refractivity contribution in [2.75, 3.05) is 6.26 Å². The second-order valence-electron chi connectivity index (χ2n) is 5.35. The number of fused-ring (bicyclic) bond motifs is 3. The van der Waals surface area contributed by atoms with E-state index in [-0.39, 0.29) is 4.90 Å². The van der Waals surface area contributed by atoms with E-state index in [9.17, 15) is 8.42 Å². The zero-order chi connectivity index (χ0) is 16.0. The molecule has 0 fully saturated rings. The summed E-state index contributed by atoms with van der Waals surface area (Å²) in [6, 6.07) is 9.82. The molecule has 0 bridgehead atoms. The van der Waals surface area contributed by atoms with E-state index < -0.39 is 9.84 Å². The van der Waals surface area contributed by atoms with Crippen molar-refractivity contribution in [1.82, 2.24) is 24.1 Å². The summed E-state index contributed by atoms with van der Waals surface area (Å²) in [6.07, 6.45) is 5.71. The van der Waals surface area contributed by atoms with Crippen molar-refractivity contribution in [2.24, 2.45) is 0 Å². The molecule has 3 aromatic heterocycles. The van der Waals surface area contributed by atoms with Gasteiger partial charge < -0.3 is 4.57 Å². The maximum atomic E-state index is 12.1. The summed E-state index contributed by atoms with van der Waals surface area (Å²) in [5, 5.41) is 4.07. The van der Waals surface area contributed by atoms with Crippen LogP contribution in [0.4, 0.5) is 0 Å². The zero-order valence-electron chi connectivity index (χ0n) is 12.3. The monoisotopic (exact) mass is 327 g/mol. The molecule has 8 heteroatoms. The fourth-order valence-corrected chi connectivity index (χ4v) is 3.49. The van der Waals surface area contributed by atoms with Crippen LogP contribution >= 0.6 is 0 Å². The Morgan fingerprint density at radius 2 is 1.91 bits per heavy atom. The molecule has 4 rings (SSSR count). The summed E-state index contributed by atoms with van der Waals surface area (Å²) in [5.74, 6) is 0. The Bertz CT molecular complexity index is 1110. The van der Waals surface area contributed by atoms with E-state index in [1.807, 2.05) is 34.9 Å². The minimum absolute atomic E-state index is 0.203. The summed E-state index contributed by atoms with van der Waals surface area (Å²) in [6.45, 7) is 0.529. The van der Waals surface area contributed by atoms with Crippen LogP contribution in [0.3, 0.4) is 0 Å². The molecule has 0 saturated heterocycles. The van der Waals surface area contributed by atoms with Gasteiger partial charge in [-0.25, -0.2) is 22.9 Å². The molecule has 0 aliphatic carbocycles. The van der Waals surface area contributed by atoms with E-state index >= 15 is 0 Å². The van der Waals surface area contributed by atoms with Crippen molar-refractivity contribution < 1.29 is 8.42 Å². The lowest BCUT2D eigenvalue weighted by atomic mass is 10.2. The highest BCUT2D eigenvalue weighted by Crippen LogP contribution is 2.26. The third kappa shape index (κ3) is 2.27. The van der Waals surface area contributed by atoms with Crippen LogP contribution in [0.25, 0.3) is 16.7 Å². The van der Waals surface area contributed by atoms with E-state index in [1.165, 1.54) is 23.4 Å². The standard InChI is InChI=1S/C15H13N5O2S/c1-23(21,22)12-8-19(7-11-5-3-2-4-6-11)14-13(12)17-10-20-15(14)16-9-18-20/h2-6,8-10H,7H2,1H3. The maximum absolute atomic E-state index is 12.1. The van der Waals surface area contributed by atoms with E-state index in [2.05, 4.69) is 15.1 Å². The van der Waals surface area contributed by atoms with Crippen molar-refractivity contribution in [1.29, 1.82) is 0 Å². The average Bonchev–Trinajstić information content (AvgIpc) is 3.11. The molecule has 0 aliphatic rings. The Hall–Kier alpha value is -2.74. The number of hydrogen-bond donors (Lipinski definition) is 0. The lowest BCUT2D eigenvalue weighted by Gasteiger charge is -2.05. The Balaban J connectivity index is 2.04. The van der Waals surface area contributed by atoms with E-state index in [4.69, 9.17) is 0 Å². The minimum Gasteiger partial charge on any atom is -0.337 e. The second-order valence-corrected chi connectivity index (χ2v) is 7.33. The zero-order valence-corrected chi connectivity index (χ0v) is 13.1. The van der Waals surface area contributed by atoms with Crippen molar-refractivity contribution in [3.63, 3.8) is 0 Å². The summed E-state index contributed by atoms with van der Waals surface area (Å²) in [4.78, 5) is 8.71. The Morgan fingerprint density at radius 1 is 1.13 bits per heavy atom. The number of rotatable bonds is 3. The number of sulfone groups is 1. The topological polar surface area (TPSA) is 82.2 Å². The highest BCUT2D eigenvalue weighted by atomic mass is 32.2. The molecule has 1 aromatic carbocycles. The van der Waals surface area contributed by atoms with E-state index in [0.29, 0.717) is 23.2 Å². The van der Waals surface area contributed by atoms with Gasteiger partial charge >= 0.3 is 0 Å². The highest BCUT2D eigenvalue weighted by molar-refractivity contribution is 7.91. The quantitative estimate of drug-likeness (QED) is 0.570. The van der Waals surface area contributed by atoms with Gasteiger partial charge in [-0.05, 0) is 5.56 Å². The number of benzene rings is 1. The van der Waals surface area contributed by atoms with E-state index in [0.717, 1.165) is 5.56 Å². The lowest BCUT2D eigenvalue weighted by molar-refractivity contribution is 0.602. The number of aromatic nitrogens is 5. The van der Waals surface area contributed by atoms with Gasteiger partial charge in [-0.15, -0.1) is 0 Å². The van der Waals surface area contributed by atoms with Crippen LogP contribution in [0.5, 0.6) is 0 Å². The molecular formula is C15H13N5O2S. The summed E-state index contributed by atoms with van der Waals surface area (Å²) in [7, 11) is -3.39. The van der Waals surface area contributed by atoms with Gasteiger partial charge in [0, 0.05) is 19.0 Å². The third-order valence-electron chi connectivity index (χ3n) is 3.69. The summed E-state index contributed by atoms with van der Waals surface area (Å²) in [5.41, 5.74) is 2.73. The largest absolute Gasteiger partial charge is 0.337 e. The van der Waals surface area contributed by atoms with Crippen molar-refractivity contribution >= 4 is 26.5 Å². The van der Waals surface area contributed by atoms with Crippen molar-refractivity contribution in [3.05, 3.63) is 54.7 Å². The molecule has 0 spiro atoms. The molecule has 0 aliphatic heterocycles. The van der Waals surface area contributed by atoms with Gasteiger partial charge in [-0.3, -0.25) is 0 Å². The lowest BCUT2D eigenvalue weighted by Crippen LogP contribution is -2.00. The van der Waals surface area contributed by atoms with Crippen LogP contribution in [0, 0.1) is 0 Å². The second kappa shape index (κ2) is 4.88. The third-order valence-corrected chi connectivity index (χ3v) is 4.79. The SMILES string of the molecule is CS(=O)(=O)c1cn(Cc2ccccc2)c2c1ncn1ncnc21. The van der Waals surface area contributed by atoms with Gasteiger partial charge in [0.05, 0.1) is 0 Å². The van der Waals surface area contributed by atoms with Crippen LogP contribution in [0.2, 0.25) is 0 Å². The molecule has 0 saturated carbocycles. The molecular weight excluding hydrogens is 314 g/mol. The summed E-state index contributed by atoms with van der Waals surface area (Å²) >= 11 is 0. The predicted molar refractivity (Wildman–Crippen MR) is 84.9 cm³/mol. The van der Waals surface area contributed by atoms with Gasteiger partial charge in [0.25, 0.3) is 0 Å². The Morgan fingerprint density at radius 3 is 2.65 bits per heavy atom. The van der Waals surface area contributed by atoms with Crippen molar-refractivity contribution in [2.45, 2.75) is 11.4 Å². The van der Waals surface area contributed by atoms with Crippen LogP contribution < -0.4 is 0 Å². The minimum atomic E-state index is -3.39. The number of hydrogen-bond acceptors (Lipinski definition) is 5. The van der Waals surface area contributed by atoms with Crippen LogP contribution in [-0.2, 0) is 16.4 Å². The molecule has 4 aromatic rings. The average molecular weight is 327 g/mol. The molecule has 0 unspecified atom stereocenters. The molecule has 23 heavy (non-hydrogen) atoms. The van der Waals surface area contributed by atoms with Crippen LogP contribution in [0.15, 0.2) is 54.1 Å². The van der Waals surface area contributed by atoms with Gasteiger partial charge in [-0.1, -0.05) is 30.3 Å². The first kappa shape index (κ1) is 13.9. The fourth-order valence-electron chi connectivity index (χ4n) is 2.67.